The molecule has 0 fully saturated rings. The molecule has 0 spiro atoms. The number of hydrogen-bond acceptors (Lipinski definition) is 6. The number of hydrogen-bond donors (Lipinski definition) is 4. The zero-order valence-electron chi connectivity index (χ0n) is 10.5. The van der Waals surface area contributed by atoms with Crippen LogP contribution in [0.2, 0.25) is 0 Å². The van der Waals surface area contributed by atoms with Gasteiger partial charge in [0.2, 0.25) is 0 Å². The first-order valence-corrected chi connectivity index (χ1v) is 6.49. The quantitative estimate of drug-likeness (QED) is 0.136. The fourth-order valence-electron chi connectivity index (χ4n) is 0.818. The number of thiol groups is 1. The minimum Gasteiger partial charge on any atom is -1.00 e. The molecule has 0 aromatic heterocycles. The summed E-state index contributed by atoms with van der Waals surface area (Å²) in [5.74, 6) is -0.439. The van der Waals surface area contributed by atoms with E-state index in [0.29, 0.717) is 0 Å². The van der Waals surface area contributed by atoms with Crippen LogP contribution in [-0.4, -0.2) is 30.2 Å². The van der Waals surface area contributed by atoms with Crippen molar-refractivity contribution in [2.75, 3.05) is 5.75 Å². The smallest absolute Gasteiger partial charge is 1.00 e. The molecule has 1 atom stereocenters. The molecule has 0 aromatic rings. The number of carbonyl (C=O) groups is 1. The first kappa shape index (κ1) is 19.6. The Kier molecular flexibility index (Phi) is 8.81. The Morgan fingerprint density at radius 2 is 2.06 bits per heavy atom. The molecular weight excluding hydrogens is 297 g/mol. The van der Waals surface area contributed by atoms with Crippen molar-refractivity contribution in [1.29, 1.82) is 0 Å². The van der Waals surface area contributed by atoms with E-state index >= 15 is 0 Å². The molecule has 1 unspecified atom stereocenters. The molecule has 11 heteroatoms. The standard InChI is InChI=1S/C6H13N3O4S3.Na.H/c1-6(15,9-4(7)14)2-3-16(11,12)13-5(8)10;;/h15H,2-3H2,1H3,(H2,8,10)(H3,7,9,14);;/q;+1;-1. The van der Waals surface area contributed by atoms with Crippen LogP contribution in [0.4, 0.5) is 4.79 Å². The summed E-state index contributed by atoms with van der Waals surface area (Å²) in [7, 11) is -4.00. The van der Waals surface area contributed by atoms with Crippen molar-refractivity contribution in [3.8, 4) is 0 Å². The van der Waals surface area contributed by atoms with E-state index in [1.807, 2.05) is 0 Å². The van der Waals surface area contributed by atoms with E-state index < -0.39 is 26.8 Å². The Morgan fingerprint density at radius 1 is 1.59 bits per heavy atom. The zero-order valence-corrected chi connectivity index (χ0v) is 14.0. The van der Waals surface area contributed by atoms with Crippen LogP contribution in [0.3, 0.4) is 0 Å². The molecule has 0 saturated heterocycles. The number of thiocarbonyl (C=S) groups is 1. The van der Waals surface area contributed by atoms with Gasteiger partial charge in [-0.1, -0.05) is 0 Å². The third-order valence-electron chi connectivity index (χ3n) is 1.44. The van der Waals surface area contributed by atoms with Gasteiger partial charge in [-0.25, -0.2) is 4.79 Å². The molecular formula is C6H14N3NaO4S3. The zero-order chi connectivity index (χ0) is 13.0. The maximum atomic E-state index is 11.1. The van der Waals surface area contributed by atoms with Gasteiger partial charge in [-0.05, 0) is 25.6 Å². The number of nitrogens with two attached hydrogens (primary N) is 2. The van der Waals surface area contributed by atoms with E-state index in [1.54, 1.807) is 6.92 Å². The number of carbonyl (C=O) groups excluding carboxylic acids is 1. The Labute approximate surface area is 134 Å². The first-order valence-electron chi connectivity index (χ1n) is 4.06. The summed E-state index contributed by atoms with van der Waals surface area (Å²) in [5, 5.41) is 2.57. The van der Waals surface area contributed by atoms with Crippen molar-refractivity contribution >= 4 is 46.2 Å². The van der Waals surface area contributed by atoms with E-state index in [2.05, 4.69) is 40.1 Å². The van der Waals surface area contributed by atoms with E-state index in [-0.39, 0.29) is 42.5 Å². The van der Waals surface area contributed by atoms with Gasteiger partial charge in [0.15, 0.2) is 5.11 Å². The molecule has 0 aliphatic rings. The molecule has 96 valence electrons. The van der Waals surface area contributed by atoms with Crippen molar-refractivity contribution in [2.45, 2.75) is 18.2 Å². The van der Waals surface area contributed by atoms with Crippen molar-refractivity contribution in [3.05, 3.63) is 0 Å². The van der Waals surface area contributed by atoms with Crippen molar-refractivity contribution in [2.24, 2.45) is 11.5 Å². The molecule has 0 heterocycles. The molecule has 0 aromatic carbocycles. The largest absolute Gasteiger partial charge is 1.00 e. The van der Waals surface area contributed by atoms with Crippen LogP contribution in [0.1, 0.15) is 14.8 Å². The summed E-state index contributed by atoms with van der Waals surface area (Å²) in [5.41, 5.74) is 9.80. The van der Waals surface area contributed by atoms with Gasteiger partial charge >= 0.3 is 45.8 Å². The summed E-state index contributed by atoms with van der Waals surface area (Å²) >= 11 is 8.70. The van der Waals surface area contributed by atoms with Gasteiger partial charge < -0.3 is 22.4 Å². The molecule has 0 aliphatic carbocycles. The molecule has 0 rings (SSSR count). The fraction of sp³-hybridized carbons (Fsp3) is 0.667. The summed E-state index contributed by atoms with van der Waals surface area (Å²) in [6.45, 7) is 1.58. The number of nitrogens with one attached hydrogen (secondary N) is 1. The van der Waals surface area contributed by atoms with Gasteiger partial charge in [-0.2, -0.15) is 21.0 Å². The summed E-state index contributed by atoms with van der Waals surface area (Å²) in [6.07, 6.45) is -1.34. The topological polar surface area (TPSA) is 125 Å². The van der Waals surface area contributed by atoms with Gasteiger partial charge in [0.05, 0.1) is 10.6 Å². The van der Waals surface area contributed by atoms with Crippen molar-refractivity contribution in [3.63, 3.8) is 0 Å². The Hall–Kier alpha value is 0.260. The van der Waals surface area contributed by atoms with Gasteiger partial charge in [-0.15, -0.1) is 0 Å². The Bertz CT molecular complexity index is 390. The molecule has 7 nitrogen and oxygen atoms in total. The van der Waals surface area contributed by atoms with Gasteiger partial charge in [0.25, 0.3) is 0 Å². The second-order valence-electron chi connectivity index (χ2n) is 3.18. The van der Waals surface area contributed by atoms with E-state index in [1.165, 1.54) is 0 Å². The average Bonchev–Trinajstić information content (AvgIpc) is 1.96. The Morgan fingerprint density at radius 3 is 2.41 bits per heavy atom. The number of primary amides is 1. The van der Waals surface area contributed by atoms with Gasteiger partial charge in [0.1, 0.15) is 0 Å². The van der Waals surface area contributed by atoms with Crippen LogP contribution in [-0.2, 0) is 14.3 Å². The Balaban J connectivity index is -0.00000112. The van der Waals surface area contributed by atoms with Crippen LogP contribution in [0.5, 0.6) is 0 Å². The average molecular weight is 311 g/mol. The molecule has 1 amide bonds. The van der Waals surface area contributed by atoms with E-state index in [0.717, 1.165) is 0 Å². The third kappa shape index (κ3) is 11.1. The SMILES string of the molecule is CC(S)(CCS(=O)(=O)OC(N)=O)NC(N)=S.[H-].[Na+]. The van der Waals surface area contributed by atoms with Gasteiger partial charge in [0, 0.05) is 0 Å². The summed E-state index contributed by atoms with van der Waals surface area (Å²) in [6, 6.07) is 0. The predicted octanol–water partition coefficient (Wildman–Crippen LogP) is -3.60. The third-order valence-corrected chi connectivity index (χ3v) is 3.00. The number of rotatable bonds is 5. The normalized spacial score (nSPS) is 14.0. The molecule has 0 radical (unpaired) electrons. The van der Waals surface area contributed by atoms with Crippen LogP contribution in [0.25, 0.3) is 0 Å². The minimum atomic E-state index is -4.00. The maximum Gasteiger partial charge on any atom is 1.00 e. The maximum absolute atomic E-state index is 11.1. The predicted molar refractivity (Wildman–Crippen MR) is 67.5 cm³/mol. The number of amides is 1. The van der Waals surface area contributed by atoms with Crippen LogP contribution < -0.4 is 46.3 Å². The van der Waals surface area contributed by atoms with Crippen LogP contribution >= 0.6 is 24.8 Å². The minimum absolute atomic E-state index is 0. The summed E-state index contributed by atoms with van der Waals surface area (Å²) < 4.78 is 26.2. The molecule has 17 heavy (non-hydrogen) atoms. The van der Waals surface area contributed by atoms with Gasteiger partial charge in [-0.3, -0.25) is 0 Å². The first-order chi connectivity index (χ1) is 7.04. The monoisotopic (exact) mass is 311 g/mol. The van der Waals surface area contributed by atoms with E-state index in [4.69, 9.17) is 5.73 Å². The molecule has 0 saturated carbocycles. The summed E-state index contributed by atoms with van der Waals surface area (Å²) in [4.78, 5) is 9.35. The molecule has 5 N–H and O–H groups in total. The second kappa shape index (κ2) is 7.64. The van der Waals surface area contributed by atoms with Crippen molar-refractivity contribution < 1.29 is 48.4 Å². The molecule has 0 aliphatic heterocycles. The van der Waals surface area contributed by atoms with Crippen LogP contribution in [0.15, 0.2) is 0 Å². The second-order valence-corrected chi connectivity index (χ2v) is 6.29. The van der Waals surface area contributed by atoms with Crippen molar-refractivity contribution in [1.82, 2.24) is 5.32 Å². The fourth-order valence-corrected chi connectivity index (χ4v) is 2.49. The van der Waals surface area contributed by atoms with E-state index in [9.17, 15) is 13.2 Å². The molecule has 0 bridgehead atoms. The van der Waals surface area contributed by atoms with Crippen LogP contribution in [0, 0.1) is 0 Å².